The maximum Gasteiger partial charge on any atom is 0.315 e. The smallest absolute Gasteiger partial charge is 0.315 e. The van der Waals surface area contributed by atoms with Crippen molar-refractivity contribution in [3.8, 4) is 0 Å². The normalized spacial score (nSPS) is 22.5. The van der Waals surface area contributed by atoms with Gasteiger partial charge in [-0.15, -0.1) is 0 Å². The number of hydrogen-bond donors (Lipinski definition) is 1. The molecule has 1 aliphatic heterocycles. The Morgan fingerprint density at radius 3 is 2.36 bits per heavy atom. The first-order valence-corrected chi connectivity index (χ1v) is 4.94. The lowest BCUT2D eigenvalue weighted by Crippen LogP contribution is -2.47. The molecule has 0 aromatic rings. The van der Waals surface area contributed by atoms with Crippen molar-refractivity contribution in [2.45, 2.75) is 39.7 Å². The second-order valence-corrected chi connectivity index (χ2v) is 4.80. The van der Waals surface area contributed by atoms with Gasteiger partial charge in [0.1, 0.15) is 0 Å². The first-order chi connectivity index (χ1) is 6.34. The molecular formula is C10H18N2O2. The highest BCUT2D eigenvalue weighted by molar-refractivity contribution is 5.92. The summed E-state index contributed by atoms with van der Waals surface area (Å²) in [6.45, 7) is 6.22. The average Bonchev–Trinajstić information content (AvgIpc) is 2.48. The highest BCUT2D eigenvalue weighted by atomic mass is 16.2. The molecular weight excluding hydrogens is 180 g/mol. The van der Waals surface area contributed by atoms with Gasteiger partial charge in [0.05, 0.1) is 6.04 Å². The van der Waals surface area contributed by atoms with E-state index in [9.17, 15) is 9.59 Å². The van der Waals surface area contributed by atoms with Gasteiger partial charge in [0.25, 0.3) is 0 Å². The van der Waals surface area contributed by atoms with Crippen molar-refractivity contribution in [1.82, 2.24) is 4.90 Å². The zero-order valence-electron chi connectivity index (χ0n) is 9.04. The van der Waals surface area contributed by atoms with Crippen molar-refractivity contribution in [3.05, 3.63) is 0 Å². The summed E-state index contributed by atoms with van der Waals surface area (Å²) in [6, 6.07) is -0.780. The molecule has 0 radical (unpaired) electrons. The molecule has 2 N–H and O–H groups in total. The van der Waals surface area contributed by atoms with Crippen LogP contribution in [0.2, 0.25) is 0 Å². The molecule has 1 fully saturated rings. The summed E-state index contributed by atoms with van der Waals surface area (Å²) in [5, 5.41) is 0. The van der Waals surface area contributed by atoms with Gasteiger partial charge in [-0.25, -0.2) is 4.79 Å². The number of likely N-dealkylation sites (tertiary alicyclic amines) is 1. The van der Waals surface area contributed by atoms with Crippen molar-refractivity contribution in [2.75, 3.05) is 6.54 Å². The Kier molecular flexibility index (Phi) is 2.83. The highest BCUT2D eigenvalue weighted by Crippen LogP contribution is 2.26. The van der Waals surface area contributed by atoms with Gasteiger partial charge < -0.3 is 10.6 Å². The number of carbonyl (C=O) groups excluding carboxylic acids is 2. The van der Waals surface area contributed by atoms with Crippen molar-refractivity contribution < 1.29 is 9.59 Å². The maximum atomic E-state index is 11.9. The molecule has 0 spiro atoms. The third kappa shape index (κ3) is 2.05. The quantitative estimate of drug-likeness (QED) is 0.686. The minimum atomic E-state index is -0.481. The molecule has 0 unspecified atom stereocenters. The number of primary amides is 1. The van der Waals surface area contributed by atoms with Gasteiger partial charge in [-0.2, -0.15) is 0 Å². The molecule has 2 amide bonds. The predicted octanol–water partition coefficient (Wildman–Crippen LogP) is 1.14. The first kappa shape index (κ1) is 11.0. The minimum Gasteiger partial charge on any atom is -0.351 e. The molecule has 0 aromatic carbocycles. The van der Waals surface area contributed by atoms with Crippen molar-refractivity contribution >= 4 is 11.8 Å². The molecule has 1 saturated heterocycles. The fourth-order valence-corrected chi connectivity index (χ4v) is 1.80. The van der Waals surface area contributed by atoms with E-state index >= 15 is 0 Å². The summed E-state index contributed by atoms with van der Waals surface area (Å²) in [7, 11) is 0. The highest BCUT2D eigenvalue weighted by Gasteiger charge is 2.37. The SMILES string of the molecule is CC(C)(C)C(=O)[C@@H]1CCCN1C(N)=O. The summed E-state index contributed by atoms with van der Waals surface area (Å²) >= 11 is 0. The van der Waals surface area contributed by atoms with Crippen LogP contribution in [0.5, 0.6) is 0 Å². The minimum absolute atomic E-state index is 0.105. The summed E-state index contributed by atoms with van der Waals surface area (Å²) in [4.78, 5) is 24.5. The molecule has 80 valence electrons. The van der Waals surface area contributed by atoms with Crippen LogP contribution in [0.3, 0.4) is 0 Å². The van der Waals surface area contributed by atoms with E-state index in [1.807, 2.05) is 20.8 Å². The van der Waals surface area contributed by atoms with Crippen molar-refractivity contribution in [1.29, 1.82) is 0 Å². The van der Waals surface area contributed by atoms with Crippen LogP contribution in [0.4, 0.5) is 4.79 Å². The lowest BCUT2D eigenvalue weighted by molar-refractivity contribution is -0.130. The van der Waals surface area contributed by atoms with Crippen LogP contribution >= 0.6 is 0 Å². The molecule has 1 aliphatic rings. The van der Waals surface area contributed by atoms with Crippen LogP contribution in [-0.2, 0) is 4.79 Å². The molecule has 4 heteroatoms. The summed E-state index contributed by atoms with van der Waals surface area (Å²) in [6.07, 6.45) is 1.62. The second-order valence-electron chi connectivity index (χ2n) is 4.80. The summed E-state index contributed by atoms with van der Waals surface area (Å²) in [5.74, 6) is 0.105. The topological polar surface area (TPSA) is 63.4 Å². The zero-order valence-corrected chi connectivity index (χ0v) is 9.04. The van der Waals surface area contributed by atoms with Crippen molar-refractivity contribution in [2.24, 2.45) is 11.1 Å². The Morgan fingerprint density at radius 1 is 1.36 bits per heavy atom. The zero-order chi connectivity index (χ0) is 10.9. The first-order valence-electron chi connectivity index (χ1n) is 4.94. The van der Waals surface area contributed by atoms with E-state index < -0.39 is 11.4 Å². The van der Waals surface area contributed by atoms with Crippen LogP contribution in [0, 0.1) is 5.41 Å². The number of hydrogen-bond acceptors (Lipinski definition) is 2. The van der Waals surface area contributed by atoms with Gasteiger partial charge in [0.2, 0.25) is 0 Å². The largest absolute Gasteiger partial charge is 0.351 e. The number of ketones is 1. The average molecular weight is 198 g/mol. The fourth-order valence-electron chi connectivity index (χ4n) is 1.80. The van der Waals surface area contributed by atoms with Crippen molar-refractivity contribution in [3.63, 3.8) is 0 Å². The maximum absolute atomic E-state index is 11.9. The number of urea groups is 1. The Labute approximate surface area is 84.4 Å². The lowest BCUT2D eigenvalue weighted by atomic mass is 9.85. The number of Topliss-reactive ketones (excluding diaryl/α,β-unsaturated/α-hetero) is 1. The molecule has 0 saturated carbocycles. The predicted molar refractivity (Wildman–Crippen MR) is 53.8 cm³/mol. The summed E-state index contributed by atoms with van der Waals surface area (Å²) in [5.41, 5.74) is 4.80. The Hall–Kier alpha value is -1.06. The number of rotatable bonds is 1. The van der Waals surface area contributed by atoms with Gasteiger partial charge in [-0.1, -0.05) is 20.8 Å². The number of carbonyl (C=O) groups is 2. The molecule has 0 aromatic heterocycles. The third-order valence-electron chi connectivity index (χ3n) is 2.58. The van der Waals surface area contributed by atoms with Gasteiger partial charge in [0.15, 0.2) is 5.78 Å². The molecule has 4 nitrogen and oxygen atoms in total. The van der Waals surface area contributed by atoms with E-state index in [0.717, 1.165) is 12.8 Å². The molecule has 14 heavy (non-hydrogen) atoms. The number of nitrogens with zero attached hydrogens (tertiary/aromatic N) is 1. The molecule has 1 heterocycles. The van der Waals surface area contributed by atoms with E-state index in [1.165, 1.54) is 4.90 Å². The Balaban J connectivity index is 2.77. The molecule has 1 atom stereocenters. The van der Waals surface area contributed by atoms with Crippen LogP contribution in [0.1, 0.15) is 33.6 Å². The Bertz CT molecular complexity index is 255. The van der Waals surface area contributed by atoms with E-state index in [-0.39, 0.29) is 11.8 Å². The van der Waals surface area contributed by atoms with Crippen LogP contribution in [0.25, 0.3) is 0 Å². The van der Waals surface area contributed by atoms with Crippen LogP contribution < -0.4 is 5.73 Å². The summed E-state index contributed by atoms with van der Waals surface area (Å²) < 4.78 is 0. The molecule has 1 rings (SSSR count). The van der Waals surface area contributed by atoms with Crippen LogP contribution in [-0.4, -0.2) is 29.3 Å². The Morgan fingerprint density at radius 2 is 1.93 bits per heavy atom. The lowest BCUT2D eigenvalue weighted by Gasteiger charge is -2.27. The van der Waals surface area contributed by atoms with Crippen LogP contribution in [0.15, 0.2) is 0 Å². The van der Waals surface area contributed by atoms with Gasteiger partial charge >= 0.3 is 6.03 Å². The second kappa shape index (κ2) is 3.59. The molecule has 0 bridgehead atoms. The monoisotopic (exact) mass is 198 g/mol. The standard InChI is InChI=1S/C10H18N2O2/c1-10(2,3)8(13)7-5-4-6-12(7)9(11)14/h7H,4-6H2,1-3H3,(H2,11,14)/t7-/m0/s1. The third-order valence-corrected chi connectivity index (χ3v) is 2.58. The van der Waals surface area contributed by atoms with E-state index in [1.54, 1.807) is 0 Å². The van der Waals surface area contributed by atoms with Gasteiger partial charge in [-0.05, 0) is 12.8 Å². The van der Waals surface area contributed by atoms with Gasteiger partial charge in [0, 0.05) is 12.0 Å². The molecule has 0 aliphatic carbocycles. The fraction of sp³-hybridized carbons (Fsp3) is 0.800. The van der Waals surface area contributed by atoms with E-state index in [4.69, 9.17) is 5.73 Å². The number of nitrogens with two attached hydrogens (primary N) is 1. The van der Waals surface area contributed by atoms with Gasteiger partial charge in [-0.3, -0.25) is 4.79 Å². The van der Waals surface area contributed by atoms with E-state index in [2.05, 4.69) is 0 Å². The van der Waals surface area contributed by atoms with E-state index in [0.29, 0.717) is 6.54 Å². The number of amides is 2.